The van der Waals surface area contributed by atoms with E-state index in [1.54, 1.807) is 12.1 Å². The van der Waals surface area contributed by atoms with Crippen molar-refractivity contribution in [2.75, 3.05) is 18.8 Å². The Labute approximate surface area is 116 Å². The first-order chi connectivity index (χ1) is 9.46. The average molecular weight is 274 g/mol. The fourth-order valence-electron chi connectivity index (χ4n) is 2.64. The van der Waals surface area contributed by atoms with Gasteiger partial charge in [0.1, 0.15) is 5.52 Å². The van der Waals surface area contributed by atoms with E-state index in [-0.39, 0.29) is 5.91 Å². The molecule has 1 aromatic carbocycles. The van der Waals surface area contributed by atoms with E-state index < -0.39 is 5.41 Å². The lowest BCUT2D eigenvalue weighted by atomic mass is 9.89. The maximum Gasteiger partial charge on any atom is 0.224 e. The molecule has 0 spiro atoms. The van der Waals surface area contributed by atoms with Crippen molar-refractivity contribution in [3.05, 3.63) is 24.1 Å². The molecule has 0 saturated carbocycles. The molecule has 1 aliphatic heterocycles. The number of primary amides is 1. The fourth-order valence-corrected chi connectivity index (χ4v) is 2.64. The van der Waals surface area contributed by atoms with E-state index >= 15 is 0 Å². The van der Waals surface area contributed by atoms with Crippen molar-refractivity contribution in [3.63, 3.8) is 0 Å². The molecular formula is C14H18N4O2. The van der Waals surface area contributed by atoms with Gasteiger partial charge < -0.3 is 15.9 Å². The molecule has 1 aliphatic rings. The van der Waals surface area contributed by atoms with Gasteiger partial charge in [0.05, 0.1) is 12.0 Å². The van der Waals surface area contributed by atoms with Crippen LogP contribution < -0.4 is 11.5 Å². The van der Waals surface area contributed by atoms with Gasteiger partial charge in [-0.3, -0.25) is 9.69 Å². The van der Waals surface area contributed by atoms with Crippen LogP contribution in [-0.2, 0) is 11.3 Å². The number of anilines is 1. The first-order valence-electron chi connectivity index (χ1n) is 6.63. The average Bonchev–Trinajstić information content (AvgIpc) is 2.93. The molecule has 1 fully saturated rings. The van der Waals surface area contributed by atoms with Gasteiger partial charge in [-0.2, -0.15) is 0 Å². The number of amides is 1. The van der Waals surface area contributed by atoms with Crippen molar-refractivity contribution in [2.24, 2.45) is 11.1 Å². The molecule has 6 nitrogen and oxygen atoms in total. The van der Waals surface area contributed by atoms with Crippen molar-refractivity contribution >= 4 is 22.7 Å². The summed E-state index contributed by atoms with van der Waals surface area (Å²) in [4.78, 5) is 18.0. The molecule has 6 heteroatoms. The number of hydrogen-bond donors (Lipinski definition) is 2. The van der Waals surface area contributed by atoms with Crippen molar-refractivity contribution in [3.8, 4) is 0 Å². The summed E-state index contributed by atoms with van der Waals surface area (Å²) in [5.41, 5.74) is 12.9. The van der Waals surface area contributed by atoms with Gasteiger partial charge in [0.2, 0.25) is 11.8 Å². The standard InChI is InChI=1S/C14H18N4O2/c1-14(13(16)19)4-5-18(8-14)7-12-17-10-6-9(15)2-3-11(10)20-12/h2-3,6H,4-5,7-8,15H2,1H3,(H2,16,19). The number of nitrogen functional groups attached to an aromatic ring is 1. The molecule has 1 saturated heterocycles. The number of oxazole rings is 1. The Kier molecular flexibility index (Phi) is 2.90. The molecule has 2 aromatic rings. The van der Waals surface area contributed by atoms with E-state index in [0.717, 1.165) is 24.1 Å². The second kappa shape index (κ2) is 4.49. The summed E-state index contributed by atoms with van der Waals surface area (Å²) in [5.74, 6) is 0.393. The van der Waals surface area contributed by atoms with Crippen molar-refractivity contribution < 1.29 is 9.21 Å². The number of likely N-dealkylation sites (tertiary alicyclic amines) is 1. The van der Waals surface area contributed by atoms with Gasteiger partial charge in [-0.25, -0.2) is 4.98 Å². The maximum atomic E-state index is 11.4. The number of aromatic nitrogens is 1. The summed E-state index contributed by atoms with van der Waals surface area (Å²) in [5, 5.41) is 0. The molecule has 1 atom stereocenters. The molecule has 20 heavy (non-hydrogen) atoms. The Morgan fingerprint density at radius 3 is 3.05 bits per heavy atom. The SMILES string of the molecule is CC1(C(N)=O)CCN(Cc2nc3cc(N)ccc3o2)C1. The van der Waals surface area contributed by atoms with Gasteiger partial charge in [-0.05, 0) is 38.1 Å². The lowest BCUT2D eigenvalue weighted by molar-refractivity contribution is -0.126. The molecule has 4 N–H and O–H groups in total. The topological polar surface area (TPSA) is 98.4 Å². The van der Waals surface area contributed by atoms with E-state index in [2.05, 4.69) is 9.88 Å². The predicted molar refractivity (Wildman–Crippen MR) is 75.6 cm³/mol. The van der Waals surface area contributed by atoms with Crippen LogP contribution in [0.4, 0.5) is 5.69 Å². The van der Waals surface area contributed by atoms with Crippen molar-refractivity contribution in [2.45, 2.75) is 19.9 Å². The number of fused-ring (bicyclic) bond motifs is 1. The van der Waals surface area contributed by atoms with Crippen LogP contribution in [0.2, 0.25) is 0 Å². The normalized spacial score (nSPS) is 23.4. The molecule has 0 aliphatic carbocycles. The summed E-state index contributed by atoms with van der Waals surface area (Å²) in [7, 11) is 0. The summed E-state index contributed by atoms with van der Waals surface area (Å²) in [6, 6.07) is 5.40. The first kappa shape index (κ1) is 12.9. The largest absolute Gasteiger partial charge is 0.439 e. The van der Waals surface area contributed by atoms with Gasteiger partial charge in [0, 0.05) is 12.2 Å². The Bertz CT molecular complexity index is 666. The zero-order valence-electron chi connectivity index (χ0n) is 11.4. The van der Waals surface area contributed by atoms with Crippen LogP contribution in [0.1, 0.15) is 19.2 Å². The zero-order valence-corrected chi connectivity index (χ0v) is 11.4. The Balaban J connectivity index is 1.76. The highest BCUT2D eigenvalue weighted by Crippen LogP contribution is 2.30. The Hall–Kier alpha value is -2.08. The highest BCUT2D eigenvalue weighted by atomic mass is 16.3. The second-order valence-electron chi connectivity index (χ2n) is 5.72. The minimum Gasteiger partial charge on any atom is -0.439 e. The van der Waals surface area contributed by atoms with Gasteiger partial charge in [-0.15, -0.1) is 0 Å². The Morgan fingerprint density at radius 1 is 1.55 bits per heavy atom. The molecule has 3 rings (SSSR count). The minimum atomic E-state index is -0.448. The predicted octanol–water partition coefficient (Wildman–Crippen LogP) is 1.11. The molecule has 1 amide bonds. The fraction of sp³-hybridized carbons (Fsp3) is 0.429. The smallest absolute Gasteiger partial charge is 0.224 e. The van der Waals surface area contributed by atoms with E-state index in [9.17, 15) is 4.79 Å². The number of hydrogen-bond acceptors (Lipinski definition) is 5. The second-order valence-corrected chi connectivity index (χ2v) is 5.72. The van der Waals surface area contributed by atoms with Crippen molar-refractivity contribution in [1.29, 1.82) is 0 Å². The third-order valence-electron chi connectivity index (χ3n) is 3.96. The molecule has 1 unspecified atom stereocenters. The summed E-state index contributed by atoms with van der Waals surface area (Å²) >= 11 is 0. The van der Waals surface area contributed by atoms with Crippen LogP contribution in [-0.4, -0.2) is 28.9 Å². The van der Waals surface area contributed by atoms with Gasteiger partial charge in [0.25, 0.3) is 0 Å². The van der Waals surface area contributed by atoms with Crippen molar-refractivity contribution in [1.82, 2.24) is 9.88 Å². The molecule has 2 heterocycles. The van der Waals surface area contributed by atoms with Crippen LogP contribution in [0.15, 0.2) is 22.6 Å². The van der Waals surface area contributed by atoms with Gasteiger partial charge >= 0.3 is 0 Å². The molecule has 106 valence electrons. The minimum absolute atomic E-state index is 0.245. The monoisotopic (exact) mass is 274 g/mol. The van der Waals surface area contributed by atoms with E-state index in [1.165, 1.54) is 0 Å². The molecule has 0 bridgehead atoms. The number of carbonyl (C=O) groups is 1. The van der Waals surface area contributed by atoms with Gasteiger partial charge in [-0.1, -0.05) is 0 Å². The number of benzene rings is 1. The van der Waals surface area contributed by atoms with Crippen LogP contribution in [0, 0.1) is 5.41 Å². The van der Waals surface area contributed by atoms with E-state index in [0.29, 0.717) is 24.7 Å². The summed E-state index contributed by atoms with van der Waals surface area (Å²) < 4.78 is 5.69. The van der Waals surface area contributed by atoms with E-state index in [4.69, 9.17) is 15.9 Å². The molecule has 0 radical (unpaired) electrons. The number of carbonyl (C=O) groups excluding carboxylic acids is 1. The lowest BCUT2D eigenvalue weighted by Crippen LogP contribution is -2.36. The number of nitrogens with zero attached hydrogens (tertiary/aromatic N) is 2. The quantitative estimate of drug-likeness (QED) is 0.817. The summed E-state index contributed by atoms with van der Waals surface area (Å²) in [6.07, 6.45) is 0.773. The Morgan fingerprint density at radius 2 is 2.35 bits per heavy atom. The lowest BCUT2D eigenvalue weighted by Gasteiger charge is -2.19. The summed E-state index contributed by atoms with van der Waals surface area (Å²) in [6.45, 7) is 3.95. The molecular weight excluding hydrogens is 256 g/mol. The van der Waals surface area contributed by atoms with Crippen LogP contribution in [0.25, 0.3) is 11.1 Å². The maximum absolute atomic E-state index is 11.4. The zero-order chi connectivity index (χ0) is 14.3. The number of rotatable bonds is 3. The highest BCUT2D eigenvalue weighted by molar-refractivity contribution is 5.81. The third-order valence-corrected chi connectivity index (χ3v) is 3.96. The van der Waals surface area contributed by atoms with Crippen LogP contribution in [0.3, 0.4) is 0 Å². The van der Waals surface area contributed by atoms with Crippen LogP contribution in [0.5, 0.6) is 0 Å². The third kappa shape index (κ3) is 2.22. The first-order valence-corrected chi connectivity index (χ1v) is 6.63. The molecule has 1 aromatic heterocycles. The van der Waals surface area contributed by atoms with Crippen LogP contribution >= 0.6 is 0 Å². The highest BCUT2D eigenvalue weighted by Gasteiger charge is 2.39. The van der Waals surface area contributed by atoms with Gasteiger partial charge in [0.15, 0.2) is 5.58 Å². The van der Waals surface area contributed by atoms with E-state index in [1.807, 2.05) is 13.0 Å². The number of nitrogens with two attached hydrogens (primary N) is 2.